The van der Waals surface area contributed by atoms with E-state index in [9.17, 15) is 9.59 Å². The highest BCUT2D eigenvalue weighted by Gasteiger charge is 2.35. The molecule has 0 saturated carbocycles. The molecule has 11 nitrogen and oxygen atoms in total. The van der Waals surface area contributed by atoms with Crippen LogP contribution in [-0.4, -0.2) is 63.7 Å². The van der Waals surface area contributed by atoms with Crippen molar-refractivity contribution in [2.75, 3.05) is 37.4 Å². The Morgan fingerprint density at radius 2 is 1.95 bits per heavy atom. The van der Waals surface area contributed by atoms with E-state index in [2.05, 4.69) is 42.1 Å². The second-order valence-electron chi connectivity index (χ2n) is 9.60. The number of carbonyl (C=O) groups is 2. The Bertz CT molecular complexity index is 1430. The molecule has 0 aliphatic carbocycles. The number of hydrogen-bond donors (Lipinski definition) is 2. The van der Waals surface area contributed by atoms with Crippen LogP contribution in [0.3, 0.4) is 0 Å². The van der Waals surface area contributed by atoms with Gasteiger partial charge in [-0.25, -0.2) is 0 Å². The summed E-state index contributed by atoms with van der Waals surface area (Å²) >= 11 is 3.59. The van der Waals surface area contributed by atoms with Gasteiger partial charge in [0.05, 0.1) is 17.2 Å². The van der Waals surface area contributed by atoms with Gasteiger partial charge in [-0.15, -0.1) is 0 Å². The van der Waals surface area contributed by atoms with Crippen LogP contribution >= 0.6 is 15.9 Å². The molecule has 3 aromatic rings. The van der Waals surface area contributed by atoms with Gasteiger partial charge in [0.2, 0.25) is 5.95 Å². The van der Waals surface area contributed by atoms with Crippen molar-refractivity contribution in [2.24, 2.45) is 0 Å². The topological polar surface area (TPSA) is 124 Å². The monoisotopic (exact) mass is 595 g/mol. The molecule has 0 spiro atoms. The molecular weight excluding hydrogens is 566 g/mol. The number of methoxy groups -OCH3 is 1. The van der Waals surface area contributed by atoms with Gasteiger partial charge in [0.15, 0.2) is 18.1 Å². The van der Waals surface area contributed by atoms with Crippen LogP contribution in [0.15, 0.2) is 52.1 Å². The molecule has 1 unspecified atom stereocenters. The molecular formula is C27H30BrN7O4. The summed E-state index contributed by atoms with van der Waals surface area (Å²) in [5, 5.41) is 18.2. The van der Waals surface area contributed by atoms with E-state index in [0.717, 1.165) is 37.9 Å². The second-order valence-corrected chi connectivity index (χ2v) is 10.5. The molecule has 0 radical (unpaired) electrons. The number of hydrogen-bond acceptors (Lipinski definition) is 8. The summed E-state index contributed by atoms with van der Waals surface area (Å²) in [5.74, 6) is 0.878. The van der Waals surface area contributed by atoms with Gasteiger partial charge >= 0.3 is 0 Å². The number of piperidine rings is 1. The Morgan fingerprint density at radius 1 is 1.15 bits per heavy atom. The Labute approximate surface area is 234 Å². The number of fused-ring (bicyclic) bond motifs is 1. The van der Waals surface area contributed by atoms with Gasteiger partial charge in [-0.2, -0.15) is 4.68 Å². The first kappa shape index (κ1) is 26.7. The predicted molar refractivity (Wildman–Crippen MR) is 149 cm³/mol. The zero-order valence-electron chi connectivity index (χ0n) is 22.0. The van der Waals surface area contributed by atoms with E-state index < -0.39 is 6.04 Å². The molecule has 1 aromatic heterocycles. The SMILES string of the molecule is COc1cc(C2C(C(=O)Nc3cccc(C)c3)=C(C)Nc3nnnn32)cc(Br)c1OCC(=O)N1CCCCC1. The molecule has 2 N–H and O–H groups in total. The lowest BCUT2D eigenvalue weighted by Crippen LogP contribution is -2.38. The molecule has 39 heavy (non-hydrogen) atoms. The van der Waals surface area contributed by atoms with E-state index in [0.29, 0.717) is 44.4 Å². The largest absolute Gasteiger partial charge is 0.493 e. The number of amides is 2. The van der Waals surface area contributed by atoms with Gasteiger partial charge in [0.25, 0.3) is 11.8 Å². The number of ether oxygens (including phenoxy) is 2. The molecule has 12 heteroatoms. The number of likely N-dealkylation sites (tertiary alicyclic amines) is 1. The number of benzene rings is 2. The predicted octanol–water partition coefficient (Wildman–Crippen LogP) is 4.07. The highest BCUT2D eigenvalue weighted by molar-refractivity contribution is 9.10. The van der Waals surface area contributed by atoms with Crippen molar-refractivity contribution in [3.05, 3.63) is 63.3 Å². The average Bonchev–Trinajstić information content (AvgIpc) is 3.39. The fourth-order valence-electron chi connectivity index (χ4n) is 4.94. The fraction of sp³-hybridized carbons (Fsp3) is 0.370. The number of aromatic nitrogens is 4. The van der Waals surface area contributed by atoms with E-state index in [4.69, 9.17) is 9.47 Å². The van der Waals surface area contributed by atoms with Crippen molar-refractivity contribution in [1.82, 2.24) is 25.1 Å². The van der Waals surface area contributed by atoms with Crippen LogP contribution in [0, 0.1) is 6.92 Å². The number of rotatable bonds is 7. The number of anilines is 2. The number of nitrogens with one attached hydrogen (secondary N) is 2. The standard InChI is InChI=1S/C27H30BrN7O4/c1-16-8-7-9-19(12-16)30-26(37)23-17(2)29-27-31-32-33-35(27)24(23)18-13-20(28)25(21(14-18)38-3)39-15-22(36)34-10-5-4-6-11-34/h7-9,12-14,24H,4-6,10-11,15H2,1-3H3,(H,30,37)(H,29,31,33). The normalized spacial score (nSPS) is 16.8. The van der Waals surface area contributed by atoms with Crippen LogP contribution in [0.25, 0.3) is 0 Å². The quantitative estimate of drug-likeness (QED) is 0.419. The lowest BCUT2D eigenvalue weighted by molar-refractivity contribution is -0.134. The molecule has 2 aromatic carbocycles. The Morgan fingerprint density at radius 3 is 2.69 bits per heavy atom. The van der Waals surface area contributed by atoms with Gasteiger partial charge in [0, 0.05) is 24.5 Å². The van der Waals surface area contributed by atoms with E-state index in [1.54, 1.807) is 10.7 Å². The number of halogens is 1. The molecule has 2 aliphatic rings. The summed E-state index contributed by atoms with van der Waals surface area (Å²) in [6.07, 6.45) is 3.16. The highest BCUT2D eigenvalue weighted by atomic mass is 79.9. The van der Waals surface area contributed by atoms with Crippen LogP contribution in [0.1, 0.15) is 43.4 Å². The molecule has 2 amide bonds. The summed E-state index contributed by atoms with van der Waals surface area (Å²) in [5.41, 5.74) is 3.47. The van der Waals surface area contributed by atoms with Crippen LogP contribution in [0.2, 0.25) is 0 Å². The summed E-state index contributed by atoms with van der Waals surface area (Å²) < 4.78 is 13.7. The average molecular weight is 596 g/mol. The third-order valence-corrected chi connectivity index (χ3v) is 7.44. The van der Waals surface area contributed by atoms with Crippen molar-refractivity contribution in [1.29, 1.82) is 0 Å². The highest BCUT2D eigenvalue weighted by Crippen LogP contribution is 2.42. The van der Waals surface area contributed by atoms with Gasteiger partial charge in [-0.05, 0) is 94.9 Å². The molecule has 2 aliphatic heterocycles. The van der Waals surface area contributed by atoms with Gasteiger partial charge in [-0.3, -0.25) is 9.59 Å². The van der Waals surface area contributed by atoms with E-state index in [1.165, 1.54) is 7.11 Å². The number of aryl methyl sites for hydroxylation is 1. The zero-order valence-corrected chi connectivity index (χ0v) is 23.6. The fourth-order valence-corrected chi connectivity index (χ4v) is 5.52. The maximum absolute atomic E-state index is 13.6. The first-order valence-electron chi connectivity index (χ1n) is 12.8. The first-order valence-corrected chi connectivity index (χ1v) is 13.6. The van der Waals surface area contributed by atoms with Crippen molar-refractivity contribution in [3.63, 3.8) is 0 Å². The second kappa shape index (κ2) is 11.4. The molecule has 1 saturated heterocycles. The van der Waals surface area contributed by atoms with E-state index >= 15 is 0 Å². The number of allylic oxidation sites excluding steroid dienone is 1. The lowest BCUT2D eigenvalue weighted by Gasteiger charge is -2.29. The number of tetrazole rings is 1. The van der Waals surface area contributed by atoms with Crippen molar-refractivity contribution >= 4 is 39.4 Å². The maximum Gasteiger partial charge on any atom is 0.260 e. The minimum atomic E-state index is -0.657. The summed E-state index contributed by atoms with van der Waals surface area (Å²) in [4.78, 5) is 28.2. The molecule has 1 fully saturated rings. The molecule has 5 rings (SSSR count). The Balaban J connectivity index is 1.46. The Kier molecular flexibility index (Phi) is 7.82. The third-order valence-electron chi connectivity index (χ3n) is 6.85. The first-order chi connectivity index (χ1) is 18.9. The number of nitrogens with zero attached hydrogens (tertiary/aromatic N) is 5. The lowest BCUT2D eigenvalue weighted by atomic mass is 9.94. The molecule has 0 bridgehead atoms. The smallest absolute Gasteiger partial charge is 0.260 e. The summed E-state index contributed by atoms with van der Waals surface area (Å²) in [6, 6.07) is 10.5. The molecule has 1 atom stereocenters. The maximum atomic E-state index is 13.6. The van der Waals surface area contributed by atoms with Crippen molar-refractivity contribution < 1.29 is 19.1 Å². The molecule has 3 heterocycles. The zero-order chi connectivity index (χ0) is 27.5. The van der Waals surface area contributed by atoms with Crippen LogP contribution < -0.4 is 20.1 Å². The van der Waals surface area contributed by atoms with Gasteiger partial charge in [-0.1, -0.05) is 17.2 Å². The molecule has 204 valence electrons. The Hall–Kier alpha value is -3.93. The van der Waals surface area contributed by atoms with E-state index in [1.807, 2.05) is 49.1 Å². The van der Waals surface area contributed by atoms with Crippen LogP contribution in [0.5, 0.6) is 11.5 Å². The van der Waals surface area contributed by atoms with Crippen molar-refractivity contribution in [2.45, 2.75) is 39.2 Å². The summed E-state index contributed by atoms with van der Waals surface area (Å²) in [7, 11) is 1.53. The third kappa shape index (κ3) is 5.60. The van der Waals surface area contributed by atoms with E-state index in [-0.39, 0.29) is 18.4 Å². The summed E-state index contributed by atoms with van der Waals surface area (Å²) in [6.45, 7) is 5.19. The minimum absolute atomic E-state index is 0.0573. The minimum Gasteiger partial charge on any atom is -0.493 e. The number of carbonyl (C=O) groups excluding carboxylic acids is 2. The van der Waals surface area contributed by atoms with Crippen LogP contribution in [0.4, 0.5) is 11.6 Å². The van der Waals surface area contributed by atoms with Gasteiger partial charge < -0.3 is 25.0 Å². The van der Waals surface area contributed by atoms with Crippen LogP contribution in [-0.2, 0) is 9.59 Å². The van der Waals surface area contributed by atoms with Crippen molar-refractivity contribution in [3.8, 4) is 11.5 Å². The van der Waals surface area contributed by atoms with Gasteiger partial charge in [0.1, 0.15) is 6.04 Å².